The van der Waals surface area contributed by atoms with Crippen LogP contribution in [-0.4, -0.2) is 16.1 Å². The van der Waals surface area contributed by atoms with Crippen LogP contribution in [0, 0.1) is 0 Å². The first-order valence-electron chi connectivity index (χ1n) is 6.02. The van der Waals surface area contributed by atoms with Gasteiger partial charge < -0.3 is 5.32 Å². The minimum absolute atomic E-state index is 0.277. The van der Waals surface area contributed by atoms with Gasteiger partial charge in [-0.2, -0.15) is 0 Å². The van der Waals surface area contributed by atoms with Gasteiger partial charge in [-0.3, -0.25) is 4.79 Å². The van der Waals surface area contributed by atoms with Crippen molar-refractivity contribution in [2.24, 2.45) is 0 Å². The summed E-state index contributed by atoms with van der Waals surface area (Å²) in [5.41, 5.74) is 1.77. The monoisotopic (exact) mass is 327 g/mol. The number of nitrogens with zero attached hydrogens (tertiary/aromatic N) is 2. The number of benzene rings is 2. The van der Waals surface area contributed by atoms with Crippen molar-refractivity contribution >= 4 is 38.4 Å². The Kier molecular flexibility index (Phi) is 3.43. The molecular formula is C15H10BrN3O. The Labute approximate surface area is 124 Å². The number of aromatic nitrogens is 2. The lowest BCUT2D eigenvalue weighted by atomic mass is 10.2. The topological polar surface area (TPSA) is 54.9 Å². The van der Waals surface area contributed by atoms with Gasteiger partial charge in [0, 0.05) is 15.5 Å². The average molecular weight is 328 g/mol. The molecule has 5 heteroatoms. The molecule has 3 rings (SSSR count). The van der Waals surface area contributed by atoms with Crippen molar-refractivity contribution in [3.8, 4) is 0 Å². The van der Waals surface area contributed by atoms with E-state index in [9.17, 15) is 4.79 Å². The largest absolute Gasteiger partial charge is 0.321 e. The van der Waals surface area contributed by atoms with E-state index in [1.807, 2.05) is 48.5 Å². The Hall–Kier alpha value is -2.27. The normalized spacial score (nSPS) is 10.4. The van der Waals surface area contributed by atoms with E-state index in [-0.39, 0.29) is 5.91 Å². The van der Waals surface area contributed by atoms with Crippen molar-refractivity contribution in [1.29, 1.82) is 0 Å². The Bertz CT molecular complexity index is 789. The van der Waals surface area contributed by atoms with E-state index in [0.717, 1.165) is 15.4 Å². The summed E-state index contributed by atoms with van der Waals surface area (Å²) >= 11 is 3.36. The molecule has 0 aliphatic heterocycles. The van der Waals surface area contributed by atoms with Crippen LogP contribution in [0.3, 0.4) is 0 Å². The Morgan fingerprint density at radius 2 is 1.85 bits per heavy atom. The maximum atomic E-state index is 12.1. The first kappa shape index (κ1) is 12.7. The number of carbonyl (C=O) groups is 1. The highest BCUT2D eigenvalue weighted by molar-refractivity contribution is 9.10. The molecule has 1 N–H and O–H groups in total. The zero-order chi connectivity index (χ0) is 13.9. The van der Waals surface area contributed by atoms with Crippen LogP contribution in [0.15, 0.2) is 59.1 Å². The Morgan fingerprint density at radius 3 is 2.70 bits per heavy atom. The van der Waals surface area contributed by atoms with Gasteiger partial charge in [-0.1, -0.05) is 40.2 Å². The molecule has 0 unspecified atom stereocenters. The van der Waals surface area contributed by atoms with Gasteiger partial charge >= 0.3 is 0 Å². The lowest BCUT2D eigenvalue weighted by Gasteiger charge is -2.05. The van der Waals surface area contributed by atoms with Crippen molar-refractivity contribution in [2.75, 3.05) is 5.32 Å². The molecule has 0 aliphatic rings. The molecule has 2 aromatic carbocycles. The highest BCUT2D eigenvalue weighted by Crippen LogP contribution is 2.17. The summed E-state index contributed by atoms with van der Waals surface area (Å²) < 4.78 is 0.903. The van der Waals surface area contributed by atoms with Gasteiger partial charge in [-0.05, 0) is 30.3 Å². The molecule has 3 aromatic rings. The van der Waals surface area contributed by atoms with Gasteiger partial charge in [0.15, 0.2) is 5.69 Å². The molecule has 4 nitrogen and oxygen atoms in total. The number of hydrogen-bond donors (Lipinski definition) is 1. The van der Waals surface area contributed by atoms with Crippen molar-refractivity contribution in [1.82, 2.24) is 10.2 Å². The quantitative estimate of drug-likeness (QED) is 0.781. The van der Waals surface area contributed by atoms with Crippen LogP contribution >= 0.6 is 15.9 Å². The van der Waals surface area contributed by atoms with E-state index in [0.29, 0.717) is 11.4 Å². The molecular weight excluding hydrogens is 318 g/mol. The molecule has 0 fully saturated rings. The third kappa shape index (κ3) is 2.67. The summed E-state index contributed by atoms with van der Waals surface area (Å²) in [5, 5.41) is 11.7. The molecule has 0 spiro atoms. The predicted molar refractivity (Wildman–Crippen MR) is 81.6 cm³/mol. The van der Waals surface area contributed by atoms with Gasteiger partial charge in [0.1, 0.15) is 0 Å². The van der Waals surface area contributed by atoms with Crippen LogP contribution in [-0.2, 0) is 0 Å². The van der Waals surface area contributed by atoms with Crippen molar-refractivity contribution in [2.45, 2.75) is 0 Å². The SMILES string of the molecule is O=C(Nc1cccc(Br)c1)c1cc2ccccc2nn1. The maximum absolute atomic E-state index is 12.1. The van der Waals surface area contributed by atoms with Crippen LogP contribution in [0.25, 0.3) is 10.9 Å². The molecule has 0 saturated heterocycles. The van der Waals surface area contributed by atoms with Crippen LogP contribution < -0.4 is 5.32 Å². The molecule has 1 aromatic heterocycles. The molecule has 0 atom stereocenters. The smallest absolute Gasteiger partial charge is 0.276 e. The summed E-state index contributed by atoms with van der Waals surface area (Å²) in [7, 11) is 0. The summed E-state index contributed by atoms with van der Waals surface area (Å²) in [6, 6.07) is 16.7. The van der Waals surface area contributed by atoms with Crippen molar-refractivity contribution in [3.63, 3.8) is 0 Å². The van der Waals surface area contributed by atoms with Crippen LogP contribution in [0.2, 0.25) is 0 Å². The highest BCUT2D eigenvalue weighted by Gasteiger charge is 2.09. The summed E-state index contributed by atoms with van der Waals surface area (Å²) in [6.45, 7) is 0. The molecule has 0 saturated carbocycles. The van der Waals surface area contributed by atoms with E-state index >= 15 is 0 Å². The molecule has 98 valence electrons. The van der Waals surface area contributed by atoms with Gasteiger partial charge in [0.2, 0.25) is 0 Å². The number of halogens is 1. The zero-order valence-electron chi connectivity index (χ0n) is 10.4. The third-order valence-corrected chi connectivity index (χ3v) is 3.30. The standard InChI is InChI=1S/C15H10BrN3O/c16-11-5-3-6-12(9-11)17-15(20)14-8-10-4-1-2-7-13(10)18-19-14/h1-9H,(H,17,20). The second-order valence-corrected chi connectivity index (χ2v) is 5.17. The van der Waals surface area contributed by atoms with Gasteiger partial charge in [-0.25, -0.2) is 0 Å². The second kappa shape index (κ2) is 5.38. The fourth-order valence-corrected chi connectivity index (χ4v) is 2.26. The minimum Gasteiger partial charge on any atom is -0.321 e. The minimum atomic E-state index is -0.277. The number of amides is 1. The number of carbonyl (C=O) groups excluding carboxylic acids is 1. The average Bonchev–Trinajstić information content (AvgIpc) is 2.47. The fraction of sp³-hybridized carbons (Fsp3) is 0. The van der Waals surface area contributed by atoms with Crippen LogP contribution in [0.4, 0.5) is 5.69 Å². The Balaban J connectivity index is 1.88. The predicted octanol–water partition coefficient (Wildman–Crippen LogP) is 3.64. The molecule has 0 bridgehead atoms. The fourth-order valence-electron chi connectivity index (χ4n) is 1.86. The van der Waals surface area contributed by atoms with Crippen molar-refractivity contribution < 1.29 is 4.79 Å². The lowest BCUT2D eigenvalue weighted by Crippen LogP contribution is -2.14. The lowest BCUT2D eigenvalue weighted by molar-refractivity contribution is 0.102. The van der Waals surface area contributed by atoms with Gasteiger partial charge in [0.25, 0.3) is 5.91 Å². The Morgan fingerprint density at radius 1 is 1.00 bits per heavy atom. The highest BCUT2D eigenvalue weighted by atomic mass is 79.9. The molecule has 0 aliphatic carbocycles. The van der Waals surface area contributed by atoms with Crippen LogP contribution in [0.5, 0.6) is 0 Å². The third-order valence-electron chi connectivity index (χ3n) is 2.81. The maximum Gasteiger partial charge on any atom is 0.276 e. The van der Waals surface area contributed by atoms with Gasteiger partial charge in [0.05, 0.1) is 5.52 Å². The molecule has 0 radical (unpaired) electrons. The first-order chi connectivity index (χ1) is 9.72. The number of fused-ring (bicyclic) bond motifs is 1. The molecule has 1 amide bonds. The van der Waals surface area contributed by atoms with Gasteiger partial charge in [-0.15, -0.1) is 10.2 Å². The zero-order valence-corrected chi connectivity index (χ0v) is 12.0. The molecule has 1 heterocycles. The number of anilines is 1. The van der Waals surface area contributed by atoms with E-state index in [1.54, 1.807) is 6.07 Å². The number of nitrogens with one attached hydrogen (secondary N) is 1. The summed E-state index contributed by atoms with van der Waals surface area (Å²) in [4.78, 5) is 12.1. The van der Waals surface area contributed by atoms with Crippen LogP contribution in [0.1, 0.15) is 10.5 Å². The molecule has 20 heavy (non-hydrogen) atoms. The summed E-state index contributed by atoms with van der Waals surface area (Å²) in [6.07, 6.45) is 0. The van der Waals surface area contributed by atoms with Crippen molar-refractivity contribution in [3.05, 3.63) is 64.8 Å². The number of hydrogen-bond acceptors (Lipinski definition) is 3. The van der Waals surface area contributed by atoms with E-state index in [4.69, 9.17) is 0 Å². The van der Waals surface area contributed by atoms with E-state index in [1.165, 1.54) is 0 Å². The first-order valence-corrected chi connectivity index (χ1v) is 6.81. The van der Waals surface area contributed by atoms with E-state index < -0.39 is 0 Å². The number of rotatable bonds is 2. The second-order valence-electron chi connectivity index (χ2n) is 4.25. The van der Waals surface area contributed by atoms with E-state index in [2.05, 4.69) is 31.4 Å². The summed E-state index contributed by atoms with van der Waals surface area (Å²) in [5.74, 6) is -0.277.